The zero-order valence-corrected chi connectivity index (χ0v) is 35.0. The molecule has 1 aliphatic rings. The SMILES string of the molecule is c1ccc(-c2c(-c3ccc(N(c4ccc(-c5ccc6ccc7ccccc7c6c5)cc4)c4ccc5c6c(cccc46)-c4ccccc4-5)cc3)n(-c3ccccc3)c3ccccc23)cc1. The van der Waals surface area contributed by atoms with Crippen LogP contribution < -0.4 is 4.90 Å². The molecule has 13 rings (SSSR count). The van der Waals surface area contributed by atoms with Gasteiger partial charge in [0.05, 0.1) is 16.9 Å². The van der Waals surface area contributed by atoms with Gasteiger partial charge in [-0.05, 0) is 126 Å². The molecule has 2 heteroatoms. The molecule has 0 fully saturated rings. The second-order valence-corrected chi connectivity index (χ2v) is 16.8. The number of anilines is 3. The quantitative estimate of drug-likeness (QED) is 0.146. The van der Waals surface area contributed by atoms with Crippen molar-refractivity contribution in [1.29, 1.82) is 0 Å². The molecule has 0 radical (unpaired) electrons. The Morgan fingerprint density at radius 1 is 0.312 bits per heavy atom. The molecule has 1 aliphatic carbocycles. The van der Waals surface area contributed by atoms with Crippen molar-refractivity contribution in [3.8, 4) is 61.5 Å². The van der Waals surface area contributed by atoms with Crippen LogP contribution in [0.1, 0.15) is 0 Å². The topological polar surface area (TPSA) is 8.17 Å². The number of rotatable bonds is 7. The lowest BCUT2D eigenvalue weighted by Gasteiger charge is -2.28. The molecule has 0 N–H and O–H groups in total. The third-order valence-corrected chi connectivity index (χ3v) is 13.3. The van der Waals surface area contributed by atoms with Crippen LogP contribution in [0.25, 0.3) is 105 Å². The summed E-state index contributed by atoms with van der Waals surface area (Å²) in [5.41, 5.74) is 18.0. The average molecular weight is 813 g/mol. The molecule has 2 nitrogen and oxygen atoms in total. The fraction of sp³-hybridized carbons (Fsp3) is 0. The van der Waals surface area contributed by atoms with Gasteiger partial charge in [-0.2, -0.15) is 0 Å². The maximum Gasteiger partial charge on any atom is 0.0619 e. The highest BCUT2D eigenvalue weighted by Crippen LogP contribution is 2.51. The van der Waals surface area contributed by atoms with Crippen molar-refractivity contribution in [3.63, 3.8) is 0 Å². The average Bonchev–Trinajstić information content (AvgIpc) is 3.89. The van der Waals surface area contributed by atoms with E-state index in [0.29, 0.717) is 0 Å². The molecule has 12 aromatic rings. The van der Waals surface area contributed by atoms with Crippen molar-refractivity contribution in [2.24, 2.45) is 0 Å². The zero-order valence-electron chi connectivity index (χ0n) is 35.0. The lowest BCUT2D eigenvalue weighted by atomic mass is 9.96. The smallest absolute Gasteiger partial charge is 0.0619 e. The Bertz CT molecular complexity index is 3640. The van der Waals surface area contributed by atoms with Gasteiger partial charge in [0.15, 0.2) is 0 Å². The summed E-state index contributed by atoms with van der Waals surface area (Å²) in [7, 11) is 0. The maximum absolute atomic E-state index is 2.44. The third-order valence-electron chi connectivity index (χ3n) is 13.3. The Morgan fingerprint density at radius 3 is 1.61 bits per heavy atom. The molecule has 0 spiro atoms. The molecule has 0 saturated heterocycles. The van der Waals surface area contributed by atoms with E-state index >= 15 is 0 Å². The highest BCUT2D eigenvalue weighted by Gasteiger charge is 2.26. The van der Waals surface area contributed by atoms with Crippen LogP contribution in [0.2, 0.25) is 0 Å². The van der Waals surface area contributed by atoms with Crippen LogP contribution in [-0.2, 0) is 0 Å². The first-order chi connectivity index (χ1) is 31.8. The van der Waals surface area contributed by atoms with E-state index < -0.39 is 0 Å². The molecule has 0 saturated carbocycles. The van der Waals surface area contributed by atoms with Gasteiger partial charge in [-0.25, -0.2) is 0 Å². The molecule has 64 heavy (non-hydrogen) atoms. The van der Waals surface area contributed by atoms with E-state index in [1.165, 1.54) is 93.4 Å². The van der Waals surface area contributed by atoms with Gasteiger partial charge in [0.2, 0.25) is 0 Å². The van der Waals surface area contributed by atoms with E-state index in [1.54, 1.807) is 0 Å². The lowest BCUT2D eigenvalue weighted by Crippen LogP contribution is -2.10. The molecule has 0 unspecified atom stereocenters. The molecule has 0 bridgehead atoms. The summed E-state index contributed by atoms with van der Waals surface area (Å²) in [6.07, 6.45) is 0. The highest BCUT2D eigenvalue weighted by molar-refractivity contribution is 6.19. The fourth-order valence-electron chi connectivity index (χ4n) is 10.4. The number of aromatic nitrogens is 1. The molecule has 0 aliphatic heterocycles. The molecule has 11 aromatic carbocycles. The summed E-state index contributed by atoms with van der Waals surface area (Å²) in [6.45, 7) is 0. The van der Waals surface area contributed by atoms with Gasteiger partial charge in [0.1, 0.15) is 0 Å². The Hall–Kier alpha value is -8.46. The van der Waals surface area contributed by atoms with Crippen LogP contribution >= 0.6 is 0 Å². The second-order valence-electron chi connectivity index (χ2n) is 16.8. The Balaban J connectivity index is 0.988. The van der Waals surface area contributed by atoms with Gasteiger partial charge in [0, 0.05) is 33.4 Å². The highest BCUT2D eigenvalue weighted by atomic mass is 15.1. The van der Waals surface area contributed by atoms with Gasteiger partial charge < -0.3 is 9.47 Å². The van der Waals surface area contributed by atoms with Crippen LogP contribution in [0.5, 0.6) is 0 Å². The number of fused-ring (bicyclic) bond motifs is 7. The van der Waals surface area contributed by atoms with Gasteiger partial charge >= 0.3 is 0 Å². The van der Waals surface area contributed by atoms with Gasteiger partial charge in [-0.3, -0.25) is 0 Å². The first-order valence-corrected chi connectivity index (χ1v) is 22.1. The van der Waals surface area contributed by atoms with Crippen molar-refractivity contribution in [2.75, 3.05) is 4.90 Å². The van der Waals surface area contributed by atoms with Crippen LogP contribution in [0.15, 0.2) is 243 Å². The number of para-hydroxylation sites is 2. The van der Waals surface area contributed by atoms with Crippen LogP contribution in [0.4, 0.5) is 17.1 Å². The molecule has 1 aromatic heterocycles. The summed E-state index contributed by atoms with van der Waals surface area (Å²) in [4.78, 5) is 2.44. The predicted octanol–water partition coefficient (Wildman–Crippen LogP) is 17.2. The molecule has 0 amide bonds. The van der Waals surface area contributed by atoms with E-state index in [9.17, 15) is 0 Å². The van der Waals surface area contributed by atoms with E-state index in [2.05, 4.69) is 252 Å². The van der Waals surface area contributed by atoms with Crippen molar-refractivity contribution < 1.29 is 0 Å². The minimum absolute atomic E-state index is 1.09. The maximum atomic E-state index is 2.44. The van der Waals surface area contributed by atoms with Crippen molar-refractivity contribution in [1.82, 2.24) is 4.57 Å². The third kappa shape index (κ3) is 5.66. The number of nitrogens with zero attached hydrogens (tertiary/aromatic N) is 2. The first-order valence-electron chi connectivity index (χ1n) is 22.1. The molecule has 298 valence electrons. The van der Waals surface area contributed by atoms with Crippen molar-refractivity contribution >= 4 is 60.3 Å². The van der Waals surface area contributed by atoms with E-state index in [0.717, 1.165) is 28.3 Å². The van der Waals surface area contributed by atoms with Crippen molar-refractivity contribution in [2.45, 2.75) is 0 Å². The summed E-state index contributed by atoms with van der Waals surface area (Å²) in [5.74, 6) is 0. The van der Waals surface area contributed by atoms with Crippen molar-refractivity contribution in [3.05, 3.63) is 243 Å². The summed E-state index contributed by atoms with van der Waals surface area (Å²) in [5, 5.41) is 8.84. The van der Waals surface area contributed by atoms with Gasteiger partial charge in [-0.1, -0.05) is 188 Å². The van der Waals surface area contributed by atoms with E-state index in [4.69, 9.17) is 0 Å². The largest absolute Gasteiger partial charge is 0.310 e. The van der Waals surface area contributed by atoms with E-state index in [1.807, 2.05) is 0 Å². The van der Waals surface area contributed by atoms with Crippen LogP contribution in [-0.4, -0.2) is 4.57 Å². The van der Waals surface area contributed by atoms with Gasteiger partial charge in [0.25, 0.3) is 0 Å². The number of hydrogen-bond donors (Lipinski definition) is 0. The lowest BCUT2D eigenvalue weighted by molar-refractivity contribution is 1.13. The van der Waals surface area contributed by atoms with Crippen LogP contribution in [0, 0.1) is 0 Å². The number of hydrogen-bond acceptors (Lipinski definition) is 1. The standard InChI is InChI=1S/C62H40N2/c1-3-15-44(16-4-1)60-55-22-11-12-25-58(55)64(47-17-5-2-6-18-47)62(60)45-32-36-49(37-33-45)63(59-39-38-54-52-21-10-9-20-51(52)53-23-13-24-56(59)61(53)54)48-34-30-41(31-35-48)46-29-28-43-27-26-42-14-7-8-19-50(42)57(43)40-46/h1-40H. The Labute approximate surface area is 372 Å². The van der Waals surface area contributed by atoms with Crippen LogP contribution in [0.3, 0.4) is 0 Å². The summed E-state index contributed by atoms with van der Waals surface area (Å²) >= 11 is 0. The first kappa shape index (κ1) is 36.2. The van der Waals surface area contributed by atoms with E-state index in [-0.39, 0.29) is 0 Å². The zero-order chi connectivity index (χ0) is 42.1. The molecular formula is C62H40N2. The fourth-order valence-corrected chi connectivity index (χ4v) is 10.4. The Morgan fingerprint density at radius 2 is 0.859 bits per heavy atom. The van der Waals surface area contributed by atoms with Gasteiger partial charge in [-0.15, -0.1) is 0 Å². The molecule has 0 atom stereocenters. The minimum atomic E-state index is 1.09. The second kappa shape index (κ2) is 14.6. The predicted molar refractivity (Wildman–Crippen MR) is 271 cm³/mol. The summed E-state index contributed by atoms with van der Waals surface area (Å²) in [6, 6.07) is 89.0. The molecule has 1 heterocycles. The minimum Gasteiger partial charge on any atom is -0.310 e. The normalized spacial score (nSPS) is 11.8. The summed E-state index contributed by atoms with van der Waals surface area (Å²) < 4.78 is 2.43. The Kier molecular flexibility index (Phi) is 8.25. The monoisotopic (exact) mass is 812 g/mol. The molecular weight excluding hydrogens is 773 g/mol. The number of benzene rings is 11.